The summed E-state index contributed by atoms with van der Waals surface area (Å²) in [6.07, 6.45) is 3.01. The molecule has 8 nitrogen and oxygen atoms in total. The zero-order valence-electron chi connectivity index (χ0n) is 13.2. The van der Waals surface area contributed by atoms with E-state index in [0.717, 1.165) is 42.4 Å². The molecule has 1 aliphatic carbocycles. The van der Waals surface area contributed by atoms with Crippen LogP contribution >= 0.6 is 0 Å². The Morgan fingerprint density at radius 2 is 1.96 bits per heavy atom. The maximum Gasteiger partial charge on any atom is 0.328 e. The fraction of sp³-hybridized carbons (Fsp3) is 0.375. The second-order valence-corrected chi connectivity index (χ2v) is 6.75. The molecule has 134 valence electrons. The van der Waals surface area contributed by atoms with Gasteiger partial charge in [-0.15, -0.1) is 0 Å². The van der Waals surface area contributed by atoms with Gasteiger partial charge in [-0.3, -0.25) is 13.7 Å². The molecule has 1 aromatic heterocycles. The maximum absolute atomic E-state index is 11.7. The van der Waals surface area contributed by atoms with Crippen LogP contribution in [0.2, 0.25) is 0 Å². The van der Waals surface area contributed by atoms with Gasteiger partial charge in [0.1, 0.15) is 11.3 Å². The predicted molar refractivity (Wildman–Crippen MR) is 89.8 cm³/mol. The van der Waals surface area contributed by atoms with Crippen LogP contribution in [0.15, 0.2) is 22.6 Å². The summed E-state index contributed by atoms with van der Waals surface area (Å²) >= 11 is -2.71. The van der Waals surface area contributed by atoms with Gasteiger partial charge in [0.15, 0.2) is 6.04 Å². The monoisotopic (exact) mass is 367 g/mol. The van der Waals surface area contributed by atoms with Crippen molar-refractivity contribution < 1.29 is 33.0 Å². The number of carbonyl (C=O) groups is 2. The van der Waals surface area contributed by atoms with Crippen molar-refractivity contribution in [3.05, 3.63) is 29.5 Å². The van der Waals surface area contributed by atoms with E-state index in [1.54, 1.807) is 6.07 Å². The Balaban J connectivity index is 2.05. The van der Waals surface area contributed by atoms with Crippen molar-refractivity contribution in [3.8, 4) is 0 Å². The van der Waals surface area contributed by atoms with E-state index in [1.165, 1.54) is 12.1 Å². The highest BCUT2D eigenvalue weighted by Gasteiger charge is 2.33. The fourth-order valence-electron chi connectivity index (χ4n) is 3.20. The zero-order valence-corrected chi connectivity index (χ0v) is 14.0. The molecule has 2 atom stereocenters. The largest absolute Gasteiger partial charge is 0.481 e. The number of aliphatic carboxylic acids is 2. The quantitative estimate of drug-likeness (QED) is 0.668. The molecule has 0 radical (unpaired) electrons. The van der Waals surface area contributed by atoms with Crippen LogP contribution in [-0.4, -0.2) is 37.0 Å². The van der Waals surface area contributed by atoms with Crippen LogP contribution in [0.1, 0.15) is 30.6 Å². The highest BCUT2D eigenvalue weighted by Crippen LogP contribution is 2.34. The molecule has 3 N–H and O–H groups in total. The molecule has 2 aromatic rings. The van der Waals surface area contributed by atoms with E-state index in [0.29, 0.717) is 9.89 Å². The highest BCUT2D eigenvalue weighted by atomic mass is 32.2. The first-order valence-corrected chi connectivity index (χ1v) is 8.84. The standard InChI is InChI=1S/C16H17NO7S/c18-15(19)8-12(16(20)21)17(25(22)23)9-5-6-11-10-3-1-2-4-13(10)24-14(11)7-9/h5-7,12H,1-4,8H2,(H,18,19)(H,20,21)(H,22,23). The topological polar surface area (TPSA) is 128 Å². The molecule has 3 rings (SSSR count). The van der Waals surface area contributed by atoms with Gasteiger partial charge in [-0.2, -0.15) is 0 Å². The molecule has 9 heteroatoms. The minimum Gasteiger partial charge on any atom is -0.481 e. The lowest BCUT2D eigenvalue weighted by Gasteiger charge is -2.25. The lowest BCUT2D eigenvalue weighted by atomic mass is 9.96. The summed E-state index contributed by atoms with van der Waals surface area (Å²) in [6.45, 7) is 0. The van der Waals surface area contributed by atoms with E-state index in [2.05, 4.69) is 0 Å². The smallest absolute Gasteiger partial charge is 0.328 e. The van der Waals surface area contributed by atoms with Gasteiger partial charge in [-0.05, 0) is 31.4 Å². The lowest BCUT2D eigenvalue weighted by Crippen LogP contribution is -2.43. The van der Waals surface area contributed by atoms with Gasteiger partial charge in [0.05, 0.1) is 12.1 Å². The van der Waals surface area contributed by atoms with Gasteiger partial charge in [-0.1, -0.05) is 0 Å². The van der Waals surface area contributed by atoms with Crippen LogP contribution in [0, 0.1) is 0 Å². The molecule has 1 aliphatic rings. The van der Waals surface area contributed by atoms with Crippen molar-refractivity contribution in [2.75, 3.05) is 4.31 Å². The maximum atomic E-state index is 11.7. The number of hydrogen-bond acceptors (Lipinski definition) is 4. The molecule has 1 aromatic carbocycles. The van der Waals surface area contributed by atoms with Crippen LogP contribution in [0.25, 0.3) is 11.0 Å². The average molecular weight is 367 g/mol. The summed E-state index contributed by atoms with van der Waals surface area (Å²) in [4.78, 5) is 22.3. The number of aryl methyl sites for hydroxylation is 2. The van der Waals surface area contributed by atoms with E-state index >= 15 is 0 Å². The lowest BCUT2D eigenvalue weighted by molar-refractivity contribution is -0.144. The van der Waals surface area contributed by atoms with E-state index in [-0.39, 0.29) is 5.69 Å². The Morgan fingerprint density at radius 1 is 1.24 bits per heavy atom. The first-order valence-electron chi connectivity index (χ1n) is 7.77. The van der Waals surface area contributed by atoms with Crippen molar-refractivity contribution in [2.45, 2.75) is 38.1 Å². The summed E-state index contributed by atoms with van der Waals surface area (Å²) in [5, 5.41) is 19.1. The van der Waals surface area contributed by atoms with Crippen LogP contribution in [0.3, 0.4) is 0 Å². The second-order valence-electron chi connectivity index (χ2n) is 5.90. The number of anilines is 1. The Morgan fingerprint density at radius 3 is 2.60 bits per heavy atom. The van der Waals surface area contributed by atoms with Gasteiger partial charge in [0, 0.05) is 23.4 Å². The number of carboxylic acid groups (broad SMARTS) is 2. The molecule has 0 spiro atoms. The van der Waals surface area contributed by atoms with Crippen molar-refractivity contribution in [3.63, 3.8) is 0 Å². The first-order chi connectivity index (χ1) is 11.9. The first kappa shape index (κ1) is 17.4. The zero-order chi connectivity index (χ0) is 18.1. The minimum absolute atomic E-state index is 0.119. The molecule has 1 heterocycles. The number of carboxylic acids is 2. The third-order valence-corrected chi connectivity index (χ3v) is 5.10. The van der Waals surface area contributed by atoms with Crippen LogP contribution in [-0.2, 0) is 33.7 Å². The Hall–Kier alpha value is -2.39. The van der Waals surface area contributed by atoms with Crippen molar-refractivity contribution in [1.82, 2.24) is 0 Å². The summed E-state index contributed by atoms with van der Waals surface area (Å²) in [7, 11) is 0. The van der Waals surface area contributed by atoms with Crippen LogP contribution in [0.4, 0.5) is 5.69 Å². The number of rotatable bonds is 6. The van der Waals surface area contributed by atoms with Crippen molar-refractivity contribution in [2.24, 2.45) is 0 Å². The molecule has 0 fully saturated rings. The number of furan rings is 1. The van der Waals surface area contributed by atoms with Crippen molar-refractivity contribution >= 4 is 39.9 Å². The van der Waals surface area contributed by atoms with E-state index < -0.39 is 35.7 Å². The predicted octanol–water partition coefficient (Wildman–Crippen LogP) is 2.18. The van der Waals surface area contributed by atoms with Gasteiger partial charge >= 0.3 is 11.9 Å². The Bertz CT molecular complexity index is 860. The van der Waals surface area contributed by atoms with Crippen molar-refractivity contribution in [1.29, 1.82) is 0 Å². The van der Waals surface area contributed by atoms with Gasteiger partial charge in [0.25, 0.3) is 11.3 Å². The SMILES string of the molecule is O=C(O)CC(C(=O)O)N(c1ccc2c3c(oc2c1)CCCC3)S(=O)O. The summed E-state index contributed by atoms with van der Waals surface area (Å²) < 4.78 is 27.7. The molecular formula is C16H17NO7S. The van der Waals surface area contributed by atoms with Gasteiger partial charge in [-0.25, -0.2) is 9.00 Å². The number of nitrogens with zero attached hydrogens (tertiary/aromatic N) is 1. The molecule has 0 saturated heterocycles. The molecule has 25 heavy (non-hydrogen) atoms. The summed E-state index contributed by atoms with van der Waals surface area (Å²) in [6, 6.07) is 3.04. The fourth-order valence-corrected chi connectivity index (χ4v) is 3.88. The summed E-state index contributed by atoms with van der Waals surface area (Å²) in [5.74, 6) is -1.99. The van der Waals surface area contributed by atoms with E-state index in [9.17, 15) is 23.5 Å². The van der Waals surface area contributed by atoms with E-state index in [4.69, 9.17) is 9.52 Å². The molecule has 2 unspecified atom stereocenters. The summed E-state index contributed by atoms with van der Waals surface area (Å²) in [5.41, 5.74) is 1.73. The number of fused-ring (bicyclic) bond motifs is 3. The molecule has 0 aliphatic heterocycles. The Labute approximate surface area is 145 Å². The highest BCUT2D eigenvalue weighted by molar-refractivity contribution is 7.80. The van der Waals surface area contributed by atoms with E-state index in [1.807, 2.05) is 0 Å². The third kappa shape index (κ3) is 3.38. The molecular weight excluding hydrogens is 350 g/mol. The molecule has 0 saturated carbocycles. The Kier molecular flexibility index (Phi) is 4.78. The van der Waals surface area contributed by atoms with Gasteiger partial charge < -0.3 is 14.6 Å². The minimum atomic E-state index is -2.71. The van der Waals surface area contributed by atoms with Crippen LogP contribution < -0.4 is 4.31 Å². The molecule has 0 amide bonds. The number of hydrogen-bond donors (Lipinski definition) is 3. The van der Waals surface area contributed by atoms with Crippen LogP contribution in [0.5, 0.6) is 0 Å². The second kappa shape index (κ2) is 6.85. The third-order valence-electron chi connectivity index (χ3n) is 4.30. The average Bonchev–Trinajstić information content (AvgIpc) is 2.91. The number of benzene rings is 1. The normalized spacial score (nSPS) is 16.2. The van der Waals surface area contributed by atoms with Gasteiger partial charge in [0.2, 0.25) is 0 Å². The molecule has 0 bridgehead atoms.